The van der Waals surface area contributed by atoms with Crippen molar-refractivity contribution in [2.45, 2.75) is 23.3 Å². The third kappa shape index (κ3) is 2.43. The van der Waals surface area contributed by atoms with E-state index in [1.165, 1.54) is 0 Å². The summed E-state index contributed by atoms with van der Waals surface area (Å²) in [5.41, 5.74) is 0. The molecular weight excluding hydrogens is 257 g/mol. The number of rotatable bonds is 5. The van der Waals surface area contributed by atoms with Crippen molar-refractivity contribution >= 4 is 20.9 Å². The fraction of sp³-hybridized carbons (Fsp3) is 0.545. The normalized spacial score (nSPS) is 26.7. The number of carbonyl (C=O) groups excluding carboxylic acids is 1. The van der Waals surface area contributed by atoms with E-state index in [1.54, 1.807) is 17.9 Å². The number of aliphatic hydroxyl groups is 1. The second-order valence-corrected chi connectivity index (χ2v) is 5.77. The first-order valence-electron chi connectivity index (χ1n) is 4.78. The summed E-state index contributed by atoms with van der Waals surface area (Å²) in [5, 5.41) is 10.2. The fourth-order valence-electron chi connectivity index (χ4n) is 1.66. The zero-order chi connectivity index (χ0) is 11.4. The number of carbonyl (C=O) groups is 1. The number of β-lactam (4-membered cyclic amide) rings is 1. The van der Waals surface area contributed by atoms with Crippen LogP contribution in [0.15, 0.2) is 12.7 Å². The van der Waals surface area contributed by atoms with Gasteiger partial charge in [0.25, 0.3) is 0 Å². The maximum absolute atomic E-state index is 11.6. The molecule has 0 bridgehead atoms. The van der Waals surface area contributed by atoms with Crippen LogP contribution in [0.25, 0.3) is 0 Å². The summed E-state index contributed by atoms with van der Waals surface area (Å²) < 4.78 is 0. The number of aliphatic hydroxyl groups excluding tert-OH is 1. The molecule has 0 spiro atoms. The van der Waals surface area contributed by atoms with Crippen molar-refractivity contribution in [3.05, 3.63) is 12.7 Å². The summed E-state index contributed by atoms with van der Waals surface area (Å²) in [7, 11) is 0. The predicted molar refractivity (Wildman–Crippen MR) is 60.3 cm³/mol. The van der Waals surface area contributed by atoms with E-state index in [0.29, 0.717) is 11.9 Å². The van der Waals surface area contributed by atoms with Gasteiger partial charge in [-0.25, -0.2) is 0 Å². The van der Waals surface area contributed by atoms with Crippen LogP contribution >= 0.6 is 0 Å². The van der Waals surface area contributed by atoms with E-state index in [0.717, 1.165) is 0 Å². The molecule has 3 atom stereocenters. The first-order chi connectivity index (χ1) is 7.13. The molecule has 1 fully saturated rings. The van der Waals surface area contributed by atoms with Gasteiger partial charge in [-0.3, -0.25) is 0 Å². The summed E-state index contributed by atoms with van der Waals surface area (Å²) in [4.78, 5) is 13.5. The van der Waals surface area contributed by atoms with Crippen molar-refractivity contribution in [3.63, 3.8) is 0 Å². The molecule has 0 aromatic rings. The summed E-state index contributed by atoms with van der Waals surface area (Å²) in [6.45, 7) is 5.83. The van der Waals surface area contributed by atoms with E-state index in [1.807, 2.05) is 0 Å². The van der Waals surface area contributed by atoms with Crippen LogP contribution in [0.5, 0.6) is 0 Å². The number of amides is 1. The Morgan fingerprint density at radius 3 is 3.00 bits per heavy atom. The predicted octanol–water partition coefficient (Wildman–Crippen LogP) is 0.0934. The molecule has 1 aliphatic heterocycles. The van der Waals surface area contributed by atoms with Crippen molar-refractivity contribution in [3.8, 4) is 12.3 Å². The Morgan fingerprint density at radius 2 is 2.53 bits per heavy atom. The zero-order valence-corrected chi connectivity index (χ0v) is 10.4. The number of hydrogen-bond donors (Lipinski definition) is 1. The van der Waals surface area contributed by atoms with Gasteiger partial charge in [0.05, 0.1) is 0 Å². The number of nitrogens with zero attached hydrogens (tertiary/aromatic N) is 1. The van der Waals surface area contributed by atoms with Crippen molar-refractivity contribution in [1.29, 1.82) is 0 Å². The van der Waals surface area contributed by atoms with Crippen LogP contribution in [0.2, 0.25) is 5.32 Å². The minimum atomic E-state index is -0.580. The second kappa shape index (κ2) is 5.37. The molecule has 0 aromatic carbocycles. The van der Waals surface area contributed by atoms with E-state index in [2.05, 4.69) is 12.5 Å². The molecule has 0 saturated carbocycles. The van der Waals surface area contributed by atoms with E-state index >= 15 is 0 Å². The number of terminal acetylenes is 1. The van der Waals surface area contributed by atoms with Gasteiger partial charge in [0.2, 0.25) is 0 Å². The Bertz CT molecular complexity index is 295. The Balaban J connectivity index is 2.63. The van der Waals surface area contributed by atoms with Gasteiger partial charge >= 0.3 is 96.4 Å². The molecule has 1 N–H and O–H groups in total. The standard InChI is InChI=1S/C11H15NO2Se/c1-4-6-12-10(14)9(8(3)13)11(12)15-7-5-2/h2,4,8-9,11,13H,1,6-7H2,3H3/t8-,9+,11-/m1/s1. The summed E-state index contributed by atoms with van der Waals surface area (Å²) in [6, 6.07) is 0. The number of likely N-dealkylation sites (tertiary alicyclic amines) is 1. The topological polar surface area (TPSA) is 40.5 Å². The van der Waals surface area contributed by atoms with E-state index < -0.39 is 6.10 Å². The van der Waals surface area contributed by atoms with Gasteiger partial charge < -0.3 is 0 Å². The van der Waals surface area contributed by atoms with Gasteiger partial charge in [0.15, 0.2) is 0 Å². The summed E-state index contributed by atoms with van der Waals surface area (Å²) in [6.07, 6.45) is 6.33. The molecule has 0 aliphatic carbocycles. The molecule has 1 saturated heterocycles. The average Bonchev–Trinajstić information content (AvgIpc) is 2.19. The average molecular weight is 272 g/mol. The summed E-state index contributed by atoms with van der Waals surface area (Å²) >= 11 is 0.188. The van der Waals surface area contributed by atoms with Crippen molar-refractivity contribution in [1.82, 2.24) is 4.90 Å². The van der Waals surface area contributed by atoms with Gasteiger partial charge in [-0.15, -0.1) is 0 Å². The van der Waals surface area contributed by atoms with Crippen molar-refractivity contribution in [2.75, 3.05) is 6.54 Å². The van der Waals surface area contributed by atoms with Crippen molar-refractivity contribution < 1.29 is 9.90 Å². The molecule has 1 rings (SSSR count). The molecule has 1 amide bonds. The first kappa shape index (κ1) is 12.3. The van der Waals surface area contributed by atoms with Crippen LogP contribution in [0.1, 0.15) is 6.92 Å². The van der Waals surface area contributed by atoms with Crippen LogP contribution in [-0.2, 0) is 4.79 Å². The second-order valence-electron chi connectivity index (χ2n) is 3.45. The van der Waals surface area contributed by atoms with Crippen LogP contribution in [-0.4, -0.2) is 48.5 Å². The molecule has 0 unspecified atom stereocenters. The quantitative estimate of drug-likeness (QED) is 0.333. The van der Waals surface area contributed by atoms with Crippen LogP contribution in [0.3, 0.4) is 0 Å². The van der Waals surface area contributed by atoms with Gasteiger partial charge in [-0.05, 0) is 0 Å². The monoisotopic (exact) mass is 273 g/mol. The van der Waals surface area contributed by atoms with E-state index in [-0.39, 0.29) is 31.7 Å². The van der Waals surface area contributed by atoms with Crippen LogP contribution in [0, 0.1) is 18.3 Å². The van der Waals surface area contributed by atoms with Gasteiger partial charge in [-0.2, -0.15) is 0 Å². The SMILES string of the molecule is C#CC[Se][C@@H]1[C@@H]([C@@H](C)O)C(=O)N1CC=C. The molecular formula is C11H15NO2Se. The number of hydrogen-bond acceptors (Lipinski definition) is 2. The minimum absolute atomic E-state index is 0.0220. The first-order valence-corrected chi connectivity index (χ1v) is 6.98. The molecule has 15 heavy (non-hydrogen) atoms. The maximum atomic E-state index is 11.6. The molecule has 1 heterocycles. The molecule has 1 aliphatic rings. The zero-order valence-electron chi connectivity index (χ0n) is 8.72. The Kier molecular flexibility index (Phi) is 4.41. The molecule has 82 valence electrons. The van der Waals surface area contributed by atoms with Crippen LogP contribution < -0.4 is 0 Å². The van der Waals surface area contributed by atoms with Crippen molar-refractivity contribution in [2.24, 2.45) is 5.92 Å². The van der Waals surface area contributed by atoms with E-state index in [9.17, 15) is 9.90 Å². The molecule has 0 aromatic heterocycles. The van der Waals surface area contributed by atoms with Gasteiger partial charge in [0.1, 0.15) is 0 Å². The Hall–Kier alpha value is -0.751. The third-order valence-electron chi connectivity index (χ3n) is 2.37. The van der Waals surface area contributed by atoms with Crippen LogP contribution in [0.4, 0.5) is 0 Å². The third-order valence-corrected chi connectivity index (χ3v) is 4.93. The Labute approximate surface area is 96.7 Å². The molecule has 0 radical (unpaired) electrons. The Morgan fingerprint density at radius 1 is 1.87 bits per heavy atom. The molecule has 3 nitrogen and oxygen atoms in total. The fourth-order valence-corrected chi connectivity index (χ4v) is 4.15. The van der Waals surface area contributed by atoms with Gasteiger partial charge in [-0.1, -0.05) is 0 Å². The van der Waals surface area contributed by atoms with Gasteiger partial charge in [0, 0.05) is 0 Å². The van der Waals surface area contributed by atoms with E-state index in [4.69, 9.17) is 6.42 Å². The molecule has 4 heteroatoms. The summed E-state index contributed by atoms with van der Waals surface area (Å²) in [5.74, 6) is 2.36.